The number of likely N-dealkylation sites (tertiary alicyclic amines) is 2. The summed E-state index contributed by atoms with van der Waals surface area (Å²) >= 11 is 0. The highest BCUT2D eigenvalue weighted by molar-refractivity contribution is 5.94. The number of rotatable bonds is 3. The first kappa shape index (κ1) is 19.4. The van der Waals surface area contributed by atoms with Crippen LogP contribution >= 0.6 is 0 Å². The molecule has 3 aliphatic rings. The molecular weight excluding hydrogens is 357 g/mol. The number of carbonyl (C=O) groups is 2. The lowest BCUT2D eigenvalue weighted by Crippen LogP contribution is -2.56. The molecule has 1 N–H and O–H groups in total. The lowest BCUT2D eigenvalue weighted by atomic mass is 9.75. The van der Waals surface area contributed by atoms with Gasteiger partial charge in [-0.2, -0.15) is 0 Å². The molecule has 0 radical (unpaired) electrons. The van der Waals surface area contributed by atoms with Gasteiger partial charge in [0.1, 0.15) is 5.82 Å². The predicted molar refractivity (Wildman–Crippen MR) is 105 cm³/mol. The monoisotopic (exact) mass is 387 g/mol. The van der Waals surface area contributed by atoms with E-state index in [1.165, 1.54) is 6.07 Å². The third-order valence-electron chi connectivity index (χ3n) is 6.80. The van der Waals surface area contributed by atoms with Crippen LogP contribution in [-0.4, -0.2) is 59.9 Å². The number of piperidine rings is 1. The number of nitrogens with one attached hydrogen (secondary N) is 1. The molecule has 5 nitrogen and oxygen atoms in total. The second-order valence-corrected chi connectivity index (χ2v) is 9.23. The van der Waals surface area contributed by atoms with Crippen molar-refractivity contribution < 1.29 is 14.0 Å². The smallest absolute Gasteiger partial charge is 0.253 e. The first-order valence-electron chi connectivity index (χ1n) is 10.4. The van der Waals surface area contributed by atoms with Gasteiger partial charge in [-0.1, -0.05) is 19.9 Å². The summed E-state index contributed by atoms with van der Waals surface area (Å²) in [6, 6.07) is 4.67. The quantitative estimate of drug-likeness (QED) is 0.867. The van der Waals surface area contributed by atoms with Crippen LogP contribution in [0.2, 0.25) is 0 Å². The Bertz CT molecular complexity index is 786. The number of carbonyl (C=O) groups excluding carboxylic acids is 2. The van der Waals surface area contributed by atoms with Gasteiger partial charge in [0.2, 0.25) is 5.91 Å². The van der Waals surface area contributed by atoms with Gasteiger partial charge >= 0.3 is 0 Å². The van der Waals surface area contributed by atoms with Crippen LogP contribution in [0.5, 0.6) is 0 Å². The average molecular weight is 387 g/mol. The van der Waals surface area contributed by atoms with Crippen LogP contribution in [-0.2, 0) is 4.79 Å². The third kappa shape index (κ3) is 3.32. The van der Waals surface area contributed by atoms with Gasteiger partial charge in [-0.15, -0.1) is 0 Å². The molecule has 1 aromatic rings. The Kier molecular flexibility index (Phi) is 4.94. The van der Waals surface area contributed by atoms with E-state index in [0.717, 1.165) is 32.5 Å². The van der Waals surface area contributed by atoms with Gasteiger partial charge in [0.15, 0.2) is 0 Å². The largest absolute Gasteiger partial charge is 0.350 e. The van der Waals surface area contributed by atoms with Gasteiger partial charge in [-0.05, 0) is 43.4 Å². The van der Waals surface area contributed by atoms with Gasteiger partial charge in [0.25, 0.3) is 5.91 Å². The molecule has 0 aromatic heterocycles. The summed E-state index contributed by atoms with van der Waals surface area (Å²) < 4.78 is 13.8. The number of hydrogen-bond donors (Lipinski definition) is 1. The van der Waals surface area contributed by atoms with Crippen LogP contribution < -0.4 is 5.32 Å². The van der Waals surface area contributed by atoms with Crippen molar-refractivity contribution in [1.29, 1.82) is 0 Å². The minimum atomic E-state index is -0.346. The summed E-state index contributed by atoms with van der Waals surface area (Å²) in [5.41, 5.74) is 0.750. The van der Waals surface area contributed by atoms with E-state index in [2.05, 4.69) is 24.1 Å². The molecule has 4 rings (SSSR count). The van der Waals surface area contributed by atoms with E-state index >= 15 is 0 Å². The molecule has 0 bridgehead atoms. The molecule has 0 unspecified atom stereocenters. The van der Waals surface area contributed by atoms with Gasteiger partial charge in [-0.3, -0.25) is 9.59 Å². The molecule has 3 aliphatic heterocycles. The number of benzene rings is 1. The lowest BCUT2D eigenvalue weighted by Gasteiger charge is -2.43. The number of hydrogen-bond acceptors (Lipinski definition) is 3. The number of halogens is 1. The van der Waals surface area contributed by atoms with E-state index in [-0.39, 0.29) is 29.1 Å². The van der Waals surface area contributed by atoms with Gasteiger partial charge in [-0.25, -0.2) is 4.39 Å². The summed E-state index contributed by atoms with van der Waals surface area (Å²) in [6.45, 7) is 10.1. The zero-order valence-corrected chi connectivity index (χ0v) is 17.0. The van der Waals surface area contributed by atoms with E-state index in [4.69, 9.17) is 0 Å². The second-order valence-electron chi connectivity index (χ2n) is 9.23. The van der Waals surface area contributed by atoms with Crippen LogP contribution in [0.25, 0.3) is 0 Å². The van der Waals surface area contributed by atoms with Crippen LogP contribution in [0.4, 0.5) is 4.39 Å². The van der Waals surface area contributed by atoms with Crippen molar-refractivity contribution in [3.8, 4) is 0 Å². The van der Waals surface area contributed by atoms with E-state index in [0.29, 0.717) is 36.1 Å². The maximum Gasteiger partial charge on any atom is 0.253 e. The SMILES string of the molecule is Cc1ccc(C(=O)N2CCC3(CC2)NC(=O)[C@@H]2CN(CC(C)C)C[C@@H]23)cc1F. The van der Waals surface area contributed by atoms with Crippen LogP contribution in [0.3, 0.4) is 0 Å². The van der Waals surface area contributed by atoms with Crippen molar-refractivity contribution in [2.45, 2.75) is 39.2 Å². The number of nitrogens with zero attached hydrogens (tertiary/aromatic N) is 2. The third-order valence-corrected chi connectivity index (χ3v) is 6.80. The van der Waals surface area contributed by atoms with Gasteiger partial charge < -0.3 is 15.1 Å². The van der Waals surface area contributed by atoms with Crippen molar-refractivity contribution in [1.82, 2.24) is 15.1 Å². The Labute approximate surface area is 166 Å². The zero-order chi connectivity index (χ0) is 20.1. The fourth-order valence-electron chi connectivity index (χ4n) is 5.32. The summed E-state index contributed by atoms with van der Waals surface area (Å²) in [4.78, 5) is 29.6. The van der Waals surface area contributed by atoms with Crippen molar-refractivity contribution in [3.63, 3.8) is 0 Å². The highest BCUT2D eigenvalue weighted by Gasteiger charge is 2.57. The van der Waals surface area contributed by atoms with Crippen molar-refractivity contribution in [2.75, 3.05) is 32.7 Å². The summed E-state index contributed by atoms with van der Waals surface area (Å²) in [5, 5.41) is 3.30. The molecule has 0 saturated carbocycles. The maximum atomic E-state index is 13.8. The Balaban J connectivity index is 1.44. The fraction of sp³-hybridized carbons (Fsp3) is 0.636. The predicted octanol–water partition coefficient (Wildman–Crippen LogP) is 2.44. The molecule has 2 amide bonds. The van der Waals surface area contributed by atoms with Crippen molar-refractivity contribution in [3.05, 3.63) is 35.1 Å². The fourth-order valence-corrected chi connectivity index (χ4v) is 5.32. The molecule has 1 spiro atoms. The second kappa shape index (κ2) is 7.14. The molecule has 6 heteroatoms. The highest BCUT2D eigenvalue weighted by Crippen LogP contribution is 2.44. The topological polar surface area (TPSA) is 52.7 Å². The molecule has 0 aliphatic carbocycles. The first-order valence-corrected chi connectivity index (χ1v) is 10.4. The Morgan fingerprint density at radius 3 is 2.64 bits per heavy atom. The van der Waals surface area contributed by atoms with E-state index in [1.54, 1.807) is 24.0 Å². The zero-order valence-electron chi connectivity index (χ0n) is 17.0. The van der Waals surface area contributed by atoms with Crippen LogP contribution in [0, 0.1) is 30.5 Å². The molecule has 1 aromatic carbocycles. The first-order chi connectivity index (χ1) is 13.3. The molecule has 3 fully saturated rings. The van der Waals surface area contributed by atoms with Gasteiger partial charge in [0, 0.05) is 49.7 Å². The van der Waals surface area contributed by atoms with Crippen molar-refractivity contribution >= 4 is 11.8 Å². The summed E-state index contributed by atoms with van der Waals surface area (Å²) in [6.07, 6.45) is 1.55. The molecule has 3 saturated heterocycles. The Morgan fingerprint density at radius 2 is 2.00 bits per heavy atom. The number of amides is 2. The normalized spacial score (nSPS) is 26.8. The molecule has 3 heterocycles. The van der Waals surface area contributed by atoms with Crippen LogP contribution in [0.15, 0.2) is 18.2 Å². The maximum absolute atomic E-state index is 13.8. The van der Waals surface area contributed by atoms with E-state index < -0.39 is 0 Å². The molecule has 2 atom stereocenters. The van der Waals surface area contributed by atoms with Crippen LogP contribution in [0.1, 0.15) is 42.6 Å². The molecule has 28 heavy (non-hydrogen) atoms. The van der Waals surface area contributed by atoms with E-state index in [1.807, 2.05) is 0 Å². The number of fused-ring (bicyclic) bond motifs is 2. The molecule has 152 valence electrons. The minimum Gasteiger partial charge on any atom is -0.350 e. The summed E-state index contributed by atoms with van der Waals surface area (Å²) in [5.74, 6) is 0.702. The number of aryl methyl sites for hydroxylation is 1. The standard InChI is InChI=1S/C22H30FN3O2/c1-14(2)11-25-12-17-18(13-25)22(24-20(17)27)6-8-26(9-7-22)21(28)16-5-4-15(3)19(23)10-16/h4-5,10,14,17-18H,6-9,11-13H2,1-3H3,(H,24,27)/t17-,18+/m1/s1. The summed E-state index contributed by atoms with van der Waals surface area (Å²) in [7, 11) is 0. The Hall–Kier alpha value is -1.95. The Morgan fingerprint density at radius 1 is 1.29 bits per heavy atom. The average Bonchev–Trinajstić information content (AvgIpc) is 3.17. The highest BCUT2D eigenvalue weighted by atomic mass is 19.1. The lowest BCUT2D eigenvalue weighted by molar-refractivity contribution is -0.123. The van der Waals surface area contributed by atoms with E-state index in [9.17, 15) is 14.0 Å². The van der Waals surface area contributed by atoms with Gasteiger partial charge in [0.05, 0.1) is 5.92 Å². The minimum absolute atomic E-state index is 0.0761. The molecular formula is C22H30FN3O2. The van der Waals surface area contributed by atoms with Crippen molar-refractivity contribution in [2.24, 2.45) is 17.8 Å².